The predicted molar refractivity (Wildman–Crippen MR) is 213 cm³/mol. The molecule has 0 spiro atoms. The van der Waals surface area contributed by atoms with Gasteiger partial charge in [-0.25, -0.2) is 9.97 Å². The third-order valence-electron chi connectivity index (χ3n) is 10.6. The van der Waals surface area contributed by atoms with E-state index in [-0.39, 0.29) is 5.41 Å². The molecular weight excluding hydrogens is 649 g/mol. The molecule has 252 valence electrons. The second kappa shape index (κ2) is 12.2. The second-order valence-electron chi connectivity index (χ2n) is 14.2. The number of ether oxygens (including phenoxy) is 2. The van der Waals surface area contributed by atoms with E-state index >= 15 is 0 Å². The van der Waals surface area contributed by atoms with Gasteiger partial charge in [-0.1, -0.05) is 159 Å². The summed E-state index contributed by atoms with van der Waals surface area (Å²) in [5, 5.41) is 0. The van der Waals surface area contributed by atoms with E-state index < -0.39 is 0 Å². The van der Waals surface area contributed by atoms with Gasteiger partial charge in [0.1, 0.15) is 0 Å². The third-order valence-corrected chi connectivity index (χ3v) is 10.6. The van der Waals surface area contributed by atoms with Crippen molar-refractivity contribution < 1.29 is 9.47 Å². The fraction of sp³-hybridized carbons (Fsp3) is 0.0612. The van der Waals surface area contributed by atoms with Crippen LogP contribution in [-0.4, -0.2) is 9.97 Å². The monoisotopic (exact) mass is 682 g/mol. The molecule has 7 aromatic carbocycles. The fourth-order valence-corrected chi connectivity index (χ4v) is 7.86. The summed E-state index contributed by atoms with van der Waals surface area (Å²) in [4.78, 5) is 10.3. The second-order valence-corrected chi connectivity index (χ2v) is 14.2. The number of benzene rings is 7. The highest BCUT2D eigenvalue weighted by molar-refractivity contribution is 5.88. The van der Waals surface area contributed by atoms with Crippen molar-refractivity contribution in [2.75, 3.05) is 0 Å². The highest BCUT2D eigenvalue weighted by atomic mass is 16.6. The SMILES string of the molecule is CC1(C)c2ccccc2-c2c1ccc1c2Oc2cc(-c3ccc(-c4cc(-c5ccccc5)nc(-c5ccccc5-c5ccccc5)n4)cc3)ccc2O1. The molecule has 0 unspecified atom stereocenters. The predicted octanol–water partition coefficient (Wildman–Crippen LogP) is 13.0. The molecular formula is C49H34N2O2. The fourth-order valence-electron chi connectivity index (χ4n) is 7.86. The van der Waals surface area contributed by atoms with Crippen molar-refractivity contribution in [3.63, 3.8) is 0 Å². The van der Waals surface area contributed by atoms with E-state index in [0.29, 0.717) is 17.3 Å². The largest absolute Gasteiger partial charge is 0.449 e. The summed E-state index contributed by atoms with van der Waals surface area (Å²) >= 11 is 0. The first-order chi connectivity index (χ1) is 26.0. The van der Waals surface area contributed by atoms with E-state index in [4.69, 9.17) is 19.4 Å². The Morgan fingerprint density at radius 3 is 1.70 bits per heavy atom. The first-order valence-corrected chi connectivity index (χ1v) is 18.0. The van der Waals surface area contributed by atoms with E-state index in [0.717, 1.165) is 67.4 Å². The first kappa shape index (κ1) is 31.0. The van der Waals surface area contributed by atoms with Crippen molar-refractivity contribution in [2.24, 2.45) is 0 Å². The molecule has 2 heterocycles. The lowest BCUT2D eigenvalue weighted by Crippen LogP contribution is -2.15. The molecule has 0 radical (unpaired) electrons. The van der Waals surface area contributed by atoms with Gasteiger partial charge in [0.15, 0.2) is 28.8 Å². The van der Waals surface area contributed by atoms with Crippen molar-refractivity contribution in [3.8, 4) is 90.3 Å². The van der Waals surface area contributed by atoms with Gasteiger partial charge in [-0.05, 0) is 63.2 Å². The van der Waals surface area contributed by atoms with Gasteiger partial charge in [0.2, 0.25) is 0 Å². The molecule has 0 N–H and O–H groups in total. The van der Waals surface area contributed by atoms with Crippen molar-refractivity contribution in [1.29, 1.82) is 0 Å². The Morgan fingerprint density at radius 2 is 0.962 bits per heavy atom. The lowest BCUT2D eigenvalue weighted by Gasteiger charge is -2.25. The Morgan fingerprint density at radius 1 is 0.396 bits per heavy atom. The summed E-state index contributed by atoms with van der Waals surface area (Å²) in [5.41, 5.74) is 13.9. The minimum atomic E-state index is -0.119. The number of hydrogen-bond acceptors (Lipinski definition) is 4. The lowest BCUT2D eigenvalue weighted by molar-refractivity contribution is 0.360. The Bertz CT molecular complexity index is 2680. The smallest absolute Gasteiger partial charge is 0.178 e. The quantitative estimate of drug-likeness (QED) is 0.181. The average molecular weight is 683 g/mol. The molecule has 0 saturated carbocycles. The molecule has 0 atom stereocenters. The van der Waals surface area contributed by atoms with Crippen LogP contribution in [0.15, 0.2) is 170 Å². The van der Waals surface area contributed by atoms with Crippen LogP contribution >= 0.6 is 0 Å². The van der Waals surface area contributed by atoms with Crippen LogP contribution in [0.3, 0.4) is 0 Å². The first-order valence-electron chi connectivity index (χ1n) is 18.0. The minimum absolute atomic E-state index is 0.119. The van der Waals surface area contributed by atoms with Crippen molar-refractivity contribution >= 4 is 0 Å². The summed E-state index contributed by atoms with van der Waals surface area (Å²) in [6, 6.07) is 58.7. The van der Waals surface area contributed by atoms with Crippen LogP contribution < -0.4 is 9.47 Å². The number of hydrogen-bond donors (Lipinski definition) is 0. The van der Waals surface area contributed by atoms with Crippen LogP contribution in [-0.2, 0) is 5.41 Å². The van der Waals surface area contributed by atoms with Crippen molar-refractivity contribution in [2.45, 2.75) is 19.3 Å². The zero-order valence-corrected chi connectivity index (χ0v) is 29.4. The Balaban J connectivity index is 1.01. The molecule has 1 aliphatic carbocycles. The molecule has 53 heavy (non-hydrogen) atoms. The van der Waals surface area contributed by atoms with Gasteiger partial charge in [-0.3, -0.25) is 0 Å². The van der Waals surface area contributed by atoms with Gasteiger partial charge in [0.05, 0.1) is 11.4 Å². The van der Waals surface area contributed by atoms with Crippen molar-refractivity contribution in [1.82, 2.24) is 9.97 Å². The van der Waals surface area contributed by atoms with Gasteiger partial charge in [-0.2, -0.15) is 0 Å². The molecule has 4 nitrogen and oxygen atoms in total. The van der Waals surface area contributed by atoms with E-state index in [9.17, 15) is 0 Å². The topological polar surface area (TPSA) is 44.2 Å². The molecule has 0 bridgehead atoms. The molecule has 2 aliphatic rings. The third kappa shape index (κ3) is 5.22. The zero-order chi connectivity index (χ0) is 35.5. The minimum Gasteiger partial charge on any atom is -0.449 e. The Hall–Kier alpha value is -6.78. The highest BCUT2D eigenvalue weighted by Crippen LogP contribution is 2.58. The summed E-state index contributed by atoms with van der Waals surface area (Å²) in [5.74, 6) is 3.63. The molecule has 4 heteroatoms. The normalized spacial score (nSPS) is 13.2. The zero-order valence-electron chi connectivity index (χ0n) is 29.4. The molecule has 0 fully saturated rings. The van der Waals surface area contributed by atoms with Crippen molar-refractivity contribution in [3.05, 3.63) is 181 Å². The van der Waals surface area contributed by atoms with Gasteiger partial charge >= 0.3 is 0 Å². The standard InChI is InChI=1S/C49H34N2O2/c1-49(2)39-20-12-11-19-38(39)46-40(49)26-28-44-47(46)53-45-29-35(25-27-43(45)52-44)31-21-23-34(24-22-31)42-30-41(33-15-7-4-8-16-33)50-48(51-42)37-18-10-9-17-36(37)32-13-5-3-6-14-32/h3-30H,1-2H3. The summed E-state index contributed by atoms with van der Waals surface area (Å²) in [6.45, 7) is 4.55. The molecule has 10 rings (SSSR count). The number of nitrogens with zero attached hydrogens (tertiary/aromatic N) is 2. The summed E-state index contributed by atoms with van der Waals surface area (Å²) < 4.78 is 13.2. The van der Waals surface area contributed by atoms with Gasteiger partial charge in [0, 0.05) is 27.7 Å². The molecule has 1 aromatic heterocycles. The van der Waals surface area contributed by atoms with Crippen LogP contribution in [0.5, 0.6) is 23.0 Å². The Labute approximate surface area is 309 Å². The van der Waals surface area contributed by atoms with Crippen LogP contribution in [0, 0.1) is 0 Å². The van der Waals surface area contributed by atoms with Crippen LogP contribution in [0.4, 0.5) is 0 Å². The lowest BCUT2D eigenvalue weighted by atomic mass is 9.82. The molecule has 1 aliphatic heterocycles. The number of fused-ring (bicyclic) bond motifs is 6. The van der Waals surface area contributed by atoms with Crippen LogP contribution in [0.25, 0.3) is 67.3 Å². The summed E-state index contributed by atoms with van der Waals surface area (Å²) in [7, 11) is 0. The van der Waals surface area contributed by atoms with Crippen LogP contribution in [0.1, 0.15) is 25.0 Å². The van der Waals surface area contributed by atoms with E-state index in [1.165, 1.54) is 16.7 Å². The van der Waals surface area contributed by atoms with E-state index in [2.05, 4.69) is 141 Å². The molecule has 0 saturated heterocycles. The Kier molecular flexibility index (Phi) is 7.12. The maximum Gasteiger partial charge on any atom is 0.178 e. The van der Waals surface area contributed by atoms with E-state index in [1.54, 1.807) is 0 Å². The summed E-state index contributed by atoms with van der Waals surface area (Å²) in [6.07, 6.45) is 0. The van der Waals surface area contributed by atoms with Crippen LogP contribution in [0.2, 0.25) is 0 Å². The van der Waals surface area contributed by atoms with Gasteiger partial charge < -0.3 is 9.47 Å². The maximum atomic E-state index is 6.74. The van der Waals surface area contributed by atoms with E-state index in [1.807, 2.05) is 42.5 Å². The number of rotatable bonds is 5. The number of aromatic nitrogens is 2. The van der Waals surface area contributed by atoms with Gasteiger partial charge in [0.25, 0.3) is 0 Å². The maximum absolute atomic E-state index is 6.74. The highest BCUT2D eigenvalue weighted by Gasteiger charge is 2.39. The van der Waals surface area contributed by atoms with Gasteiger partial charge in [-0.15, -0.1) is 0 Å². The molecule has 8 aromatic rings. The average Bonchev–Trinajstić information content (AvgIpc) is 3.46. The molecule has 0 amide bonds.